The summed E-state index contributed by atoms with van der Waals surface area (Å²) in [6, 6.07) is 15.8. The van der Waals surface area contributed by atoms with Crippen LogP contribution in [0.1, 0.15) is 76.9 Å². The first kappa shape index (κ1) is 38.2. The first-order valence-electron chi connectivity index (χ1n) is 18.4. The Morgan fingerprint density at radius 1 is 0.556 bits per heavy atom. The second kappa shape index (κ2) is 18.0. The van der Waals surface area contributed by atoms with Gasteiger partial charge in [0.25, 0.3) is 23.6 Å². The number of aromatic nitrogens is 2. The smallest absolute Gasteiger partial charge is 0.268 e. The monoisotopic (exact) mass is 736 g/mol. The molecule has 2 aromatic carbocycles. The van der Waals surface area contributed by atoms with E-state index in [1.807, 2.05) is 0 Å². The molecule has 2 saturated heterocycles. The van der Waals surface area contributed by atoms with Gasteiger partial charge in [-0.25, -0.2) is 0 Å². The number of benzene rings is 2. The maximum Gasteiger partial charge on any atom is 0.268 e. The Labute approximate surface area is 314 Å². The fourth-order valence-corrected chi connectivity index (χ4v) is 6.68. The van der Waals surface area contributed by atoms with E-state index in [-0.39, 0.29) is 29.4 Å². The number of morpholine rings is 1. The first-order valence-corrected chi connectivity index (χ1v) is 18.4. The molecule has 0 saturated carbocycles. The molecule has 0 atom stereocenters. The quantitative estimate of drug-likeness (QED) is 0.144. The lowest BCUT2D eigenvalue weighted by Crippen LogP contribution is -2.41. The van der Waals surface area contributed by atoms with Crippen LogP contribution in [-0.4, -0.2) is 114 Å². The number of likely N-dealkylation sites (tertiary alicyclic amines) is 1. The van der Waals surface area contributed by atoms with Crippen molar-refractivity contribution >= 4 is 40.8 Å². The highest BCUT2D eigenvalue weighted by molar-refractivity contribution is 6.11. The molecule has 2 fully saturated rings. The molecule has 0 spiro atoms. The number of carbonyl (C=O) groups excluding carboxylic acids is 5. The second-order valence-electron chi connectivity index (χ2n) is 13.7. The van der Waals surface area contributed by atoms with E-state index in [2.05, 4.69) is 31.1 Å². The molecule has 284 valence electrons. The van der Waals surface area contributed by atoms with Crippen molar-refractivity contribution in [1.29, 1.82) is 0 Å². The van der Waals surface area contributed by atoms with Crippen LogP contribution in [0.25, 0.3) is 0 Å². The van der Waals surface area contributed by atoms with E-state index < -0.39 is 0 Å². The van der Waals surface area contributed by atoms with Crippen molar-refractivity contribution in [1.82, 2.24) is 29.6 Å². The SMILES string of the molecule is Cn1cc(NC(=O)c2ccc(C(=O)c3ccc(C(=O)Nc4cc(C(=O)NCCN5CCOCC5)n(C)c4)cc3)cc2)cc1C(=O)NCCN1CCCCC1. The maximum atomic E-state index is 13.2. The number of carbonyl (C=O) groups is 5. The van der Waals surface area contributed by atoms with Crippen LogP contribution in [0.5, 0.6) is 0 Å². The number of hydrogen-bond donors (Lipinski definition) is 4. The number of nitrogens with zero attached hydrogens (tertiary/aromatic N) is 4. The summed E-state index contributed by atoms with van der Waals surface area (Å²) in [7, 11) is 3.50. The zero-order valence-corrected chi connectivity index (χ0v) is 30.9. The molecule has 14 heteroatoms. The average Bonchev–Trinajstić information content (AvgIpc) is 3.75. The van der Waals surface area contributed by atoms with Crippen LogP contribution in [0.4, 0.5) is 11.4 Å². The molecule has 2 aliphatic heterocycles. The van der Waals surface area contributed by atoms with Crippen molar-refractivity contribution in [2.24, 2.45) is 14.1 Å². The van der Waals surface area contributed by atoms with Crippen molar-refractivity contribution in [3.63, 3.8) is 0 Å². The summed E-state index contributed by atoms with van der Waals surface area (Å²) in [6.07, 6.45) is 7.01. The van der Waals surface area contributed by atoms with E-state index in [1.165, 1.54) is 19.3 Å². The van der Waals surface area contributed by atoms with Crippen LogP contribution in [-0.2, 0) is 18.8 Å². The third-order valence-electron chi connectivity index (χ3n) is 9.79. The molecule has 54 heavy (non-hydrogen) atoms. The van der Waals surface area contributed by atoms with Crippen molar-refractivity contribution in [3.8, 4) is 0 Å². The number of ketones is 1. The van der Waals surface area contributed by atoms with Gasteiger partial charge in [-0.1, -0.05) is 30.7 Å². The lowest BCUT2D eigenvalue weighted by Gasteiger charge is -2.26. The lowest BCUT2D eigenvalue weighted by molar-refractivity contribution is 0.0383. The molecule has 2 aromatic heterocycles. The Morgan fingerprint density at radius 3 is 1.41 bits per heavy atom. The highest BCUT2D eigenvalue weighted by Gasteiger charge is 2.18. The molecule has 4 heterocycles. The second-order valence-corrected chi connectivity index (χ2v) is 13.7. The number of anilines is 2. The third-order valence-corrected chi connectivity index (χ3v) is 9.79. The number of nitrogens with one attached hydrogen (secondary N) is 4. The van der Waals surface area contributed by atoms with E-state index in [0.29, 0.717) is 71.3 Å². The van der Waals surface area contributed by atoms with Gasteiger partial charge < -0.3 is 40.0 Å². The van der Waals surface area contributed by atoms with Gasteiger partial charge in [0, 0.05) is 88.0 Å². The van der Waals surface area contributed by atoms with Crippen molar-refractivity contribution < 1.29 is 28.7 Å². The Bertz CT molecular complexity index is 1810. The van der Waals surface area contributed by atoms with Gasteiger partial charge in [-0.2, -0.15) is 0 Å². The maximum absolute atomic E-state index is 13.2. The Morgan fingerprint density at radius 2 is 0.963 bits per heavy atom. The fourth-order valence-electron chi connectivity index (χ4n) is 6.68. The molecular formula is C40H48N8O6. The van der Waals surface area contributed by atoms with Gasteiger partial charge in [-0.15, -0.1) is 0 Å². The van der Waals surface area contributed by atoms with Gasteiger partial charge in [-0.3, -0.25) is 28.9 Å². The minimum atomic E-state index is -0.381. The Balaban J connectivity index is 0.974. The minimum absolute atomic E-state index is 0.201. The largest absolute Gasteiger partial charge is 0.379 e. The van der Waals surface area contributed by atoms with Gasteiger partial charge in [0.2, 0.25) is 0 Å². The summed E-state index contributed by atoms with van der Waals surface area (Å²) in [5, 5.41) is 11.5. The van der Waals surface area contributed by atoms with E-state index >= 15 is 0 Å². The highest BCUT2D eigenvalue weighted by Crippen LogP contribution is 2.18. The normalized spacial score (nSPS) is 15.0. The Hall–Kier alpha value is -5.57. The number of aryl methyl sites for hydroxylation is 2. The van der Waals surface area contributed by atoms with Crippen LogP contribution in [0.2, 0.25) is 0 Å². The van der Waals surface area contributed by atoms with Gasteiger partial charge >= 0.3 is 0 Å². The molecular weight excluding hydrogens is 688 g/mol. The Kier molecular flexibility index (Phi) is 12.7. The van der Waals surface area contributed by atoms with Crippen molar-refractivity contribution in [2.75, 3.05) is 76.2 Å². The zero-order valence-electron chi connectivity index (χ0n) is 30.9. The van der Waals surface area contributed by atoms with Gasteiger partial charge in [0.15, 0.2) is 5.78 Å². The predicted octanol–water partition coefficient (Wildman–Crippen LogP) is 3.38. The number of amides is 4. The van der Waals surface area contributed by atoms with Crippen LogP contribution in [0.15, 0.2) is 73.1 Å². The number of piperidine rings is 1. The van der Waals surface area contributed by atoms with Gasteiger partial charge in [0.1, 0.15) is 11.4 Å². The first-order chi connectivity index (χ1) is 26.1. The number of ether oxygens (including phenoxy) is 1. The van der Waals surface area contributed by atoms with Gasteiger partial charge in [-0.05, 0) is 62.3 Å². The fraction of sp³-hybridized carbons (Fsp3) is 0.375. The minimum Gasteiger partial charge on any atom is -0.379 e. The summed E-state index contributed by atoms with van der Waals surface area (Å²) in [5.74, 6) is -1.45. The predicted molar refractivity (Wildman–Crippen MR) is 205 cm³/mol. The van der Waals surface area contributed by atoms with Gasteiger partial charge in [0.05, 0.1) is 24.6 Å². The molecule has 4 amide bonds. The summed E-state index contributed by atoms with van der Waals surface area (Å²) in [6.45, 7) is 7.84. The molecule has 4 aromatic rings. The number of rotatable bonds is 14. The standard InChI is InChI=1S/C40H48N8O6/c1-45-26-32(24-34(45)39(52)41-14-18-47-16-4-3-5-17-47)43-37(50)30-10-6-28(7-11-30)36(49)29-8-12-31(13-9-29)38(51)44-33-25-35(46(2)27-33)40(53)42-15-19-48-20-22-54-23-21-48/h6-13,24-27H,3-5,14-23H2,1-2H3,(H,41,52)(H,42,53)(H,43,50)(H,44,51). The molecule has 2 aliphatic rings. The van der Waals surface area contributed by atoms with Crippen LogP contribution in [0, 0.1) is 0 Å². The van der Waals surface area contributed by atoms with E-state index in [4.69, 9.17) is 4.74 Å². The van der Waals surface area contributed by atoms with Crippen LogP contribution < -0.4 is 21.3 Å². The van der Waals surface area contributed by atoms with Crippen LogP contribution in [0.3, 0.4) is 0 Å². The average molecular weight is 737 g/mol. The summed E-state index contributed by atoms with van der Waals surface area (Å²) >= 11 is 0. The molecule has 6 rings (SSSR count). The summed E-state index contributed by atoms with van der Waals surface area (Å²) < 4.78 is 8.70. The topological polar surface area (TPSA) is 159 Å². The third kappa shape index (κ3) is 9.89. The molecule has 0 aliphatic carbocycles. The highest BCUT2D eigenvalue weighted by atomic mass is 16.5. The lowest BCUT2D eigenvalue weighted by atomic mass is 10.0. The van der Waals surface area contributed by atoms with E-state index in [9.17, 15) is 24.0 Å². The van der Waals surface area contributed by atoms with Crippen molar-refractivity contribution in [2.45, 2.75) is 19.3 Å². The molecule has 0 unspecified atom stereocenters. The van der Waals surface area contributed by atoms with Crippen LogP contribution >= 0.6 is 0 Å². The molecule has 14 nitrogen and oxygen atoms in total. The summed E-state index contributed by atoms with van der Waals surface area (Å²) in [4.78, 5) is 69.4. The molecule has 0 radical (unpaired) electrons. The zero-order chi connectivity index (χ0) is 38.0. The van der Waals surface area contributed by atoms with E-state index in [1.54, 1.807) is 96.3 Å². The van der Waals surface area contributed by atoms with E-state index in [0.717, 1.165) is 39.3 Å². The number of hydrogen-bond acceptors (Lipinski definition) is 8. The van der Waals surface area contributed by atoms with Crippen molar-refractivity contribution in [3.05, 3.63) is 107 Å². The summed E-state index contributed by atoms with van der Waals surface area (Å²) in [5.41, 5.74) is 3.28. The molecule has 4 N–H and O–H groups in total. The molecule has 0 bridgehead atoms.